The standard InChI is InChI=1S/C24H22N2O7S/c27-22-17-6-1-2-7-18(17)23(28)26(22)12-11-19(24(29)30)25-34(31,32)14-9-10-16-15-5-3-4-8-20(15)33-21(16)13-14/h1-2,6-7,9-10,13,19,25H,3-5,8,11-12H2,(H,29,30)/t19-/m0/s1. The van der Waals surface area contributed by atoms with Crippen molar-refractivity contribution in [2.45, 2.75) is 43.0 Å². The van der Waals surface area contributed by atoms with E-state index in [9.17, 15) is 27.9 Å². The third-order valence-electron chi connectivity index (χ3n) is 6.35. The third kappa shape index (κ3) is 3.78. The van der Waals surface area contributed by atoms with Crippen molar-refractivity contribution in [1.82, 2.24) is 9.62 Å². The summed E-state index contributed by atoms with van der Waals surface area (Å²) in [6, 6.07) is 9.30. The van der Waals surface area contributed by atoms with Crippen LogP contribution in [0.5, 0.6) is 0 Å². The van der Waals surface area contributed by atoms with Gasteiger partial charge in [0.05, 0.1) is 16.0 Å². The monoisotopic (exact) mass is 482 g/mol. The Balaban J connectivity index is 1.33. The minimum absolute atomic E-state index is 0.113. The second kappa shape index (κ2) is 8.37. The van der Waals surface area contributed by atoms with E-state index >= 15 is 0 Å². The van der Waals surface area contributed by atoms with E-state index in [2.05, 4.69) is 4.72 Å². The van der Waals surface area contributed by atoms with Crippen molar-refractivity contribution in [3.63, 3.8) is 0 Å². The summed E-state index contributed by atoms with van der Waals surface area (Å²) in [5, 5.41) is 10.5. The molecule has 2 aromatic carbocycles. The number of carboxylic acid groups (broad SMARTS) is 1. The first-order chi connectivity index (χ1) is 16.3. The highest BCUT2D eigenvalue weighted by Gasteiger charge is 2.36. The summed E-state index contributed by atoms with van der Waals surface area (Å²) in [6.45, 7) is -0.240. The van der Waals surface area contributed by atoms with Gasteiger partial charge in [-0.25, -0.2) is 8.42 Å². The molecule has 0 fully saturated rings. The molecule has 0 radical (unpaired) electrons. The molecule has 0 unspecified atom stereocenters. The fraction of sp³-hybridized carbons (Fsp3) is 0.292. The first-order valence-electron chi connectivity index (χ1n) is 11.0. The molecule has 2 aliphatic rings. The van der Waals surface area contributed by atoms with Crippen LogP contribution in [0.3, 0.4) is 0 Å². The second-order valence-electron chi connectivity index (χ2n) is 8.48. The maximum absolute atomic E-state index is 13.0. The number of amides is 2. The molecule has 3 aromatic rings. The first-order valence-corrected chi connectivity index (χ1v) is 12.5. The van der Waals surface area contributed by atoms with Crippen LogP contribution >= 0.6 is 0 Å². The van der Waals surface area contributed by atoms with Gasteiger partial charge in [-0.15, -0.1) is 0 Å². The molecule has 2 N–H and O–H groups in total. The van der Waals surface area contributed by atoms with Crippen LogP contribution in [0.25, 0.3) is 11.0 Å². The molecule has 0 saturated carbocycles. The zero-order valence-corrected chi connectivity index (χ0v) is 18.9. The van der Waals surface area contributed by atoms with Crippen molar-refractivity contribution in [3.05, 3.63) is 64.9 Å². The van der Waals surface area contributed by atoms with Gasteiger partial charge >= 0.3 is 5.97 Å². The van der Waals surface area contributed by atoms with Gasteiger partial charge in [0.25, 0.3) is 11.8 Å². The Morgan fingerprint density at radius 1 is 1.06 bits per heavy atom. The van der Waals surface area contributed by atoms with Gasteiger partial charge in [-0.2, -0.15) is 4.72 Å². The van der Waals surface area contributed by atoms with Gasteiger partial charge in [-0.3, -0.25) is 19.3 Å². The average Bonchev–Trinajstić information content (AvgIpc) is 3.31. The Labute approximate surface area is 195 Å². The van der Waals surface area contributed by atoms with Gasteiger partial charge in [-0.05, 0) is 49.9 Å². The quantitative estimate of drug-likeness (QED) is 0.495. The number of aliphatic carboxylic acids is 1. The Morgan fingerprint density at radius 3 is 2.41 bits per heavy atom. The van der Waals surface area contributed by atoms with Crippen LogP contribution in [-0.4, -0.2) is 48.8 Å². The minimum atomic E-state index is -4.20. The lowest BCUT2D eigenvalue weighted by atomic mass is 9.96. The van der Waals surface area contributed by atoms with Crippen molar-refractivity contribution in [2.24, 2.45) is 0 Å². The highest BCUT2D eigenvalue weighted by molar-refractivity contribution is 7.89. The number of imide groups is 1. The summed E-state index contributed by atoms with van der Waals surface area (Å²) in [5.41, 5.74) is 2.04. The highest BCUT2D eigenvalue weighted by Crippen LogP contribution is 2.33. The molecule has 2 heterocycles. The molecule has 1 aliphatic heterocycles. The molecular formula is C24H22N2O7S. The number of carbonyl (C=O) groups excluding carboxylic acids is 2. The lowest BCUT2D eigenvalue weighted by molar-refractivity contribution is -0.139. The number of carboxylic acids is 1. The number of carbonyl (C=O) groups is 3. The summed E-state index contributed by atoms with van der Waals surface area (Å²) in [5.74, 6) is -1.59. The first kappa shape index (κ1) is 22.3. The highest BCUT2D eigenvalue weighted by atomic mass is 32.2. The number of rotatable bonds is 7. The van der Waals surface area contributed by atoms with Gasteiger partial charge in [0, 0.05) is 30.0 Å². The number of sulfonamides is 1. The topological polar surface area (TPSA) is 134 Å². The fourth-order valence-electron chi connectivity index (χ4n) is 4.60. The molecule has 0 spiro atoms. The summed E-state index contributed by atoms with van der Waals surface area (Å²) >= 11 is 0. The predicted octanol–water partition coefficient (Wildman–Crippen LogP) is 2.73. The molecule has 2 amide bonds. The molecule has 0 saturated heterocycles. The Hall–Kier alpha value is -3.50. The molecule has 1 aliphatic carbocycles. The summed E-state index contributed by atoms with van der Waals surface area (Å²) in [4.78, 5) is 37.7. The number of furan rings is 1. The van der Waals surface area contributed by atoms with E-state index in [-0.39, 0.29) is 29.0 Å². The van der Waals surface area contributed by atoms with Gasteiger partial charge in [0.15, 0.2) is 0 Å². The minimum Gasteiger partial charge on any atom is -0.480 e. The lowest BCUT2D eigenvalue weighted by Crippen LogP contribution is -2.43. The largest absolute Gasteiger partial charge is 0.480 e. The van der Waals surface area contributed by atoms with Crippen molar-refractivity contribution in [1.29, 1.82) is 0 Å². The molecular weight excluding hydrogens is 460 g/mol. The summed E-state index contributed by atoms with van der Waals surface area (Å²) in [7, 11) is -4.20. The molecule has 34 heavy (non-hydrogen) atoms. The zero-order chi connectivity index (χ0) is 24.0. The maximum Gasteiger partial charge on any atom is 0.321 e. The Morgan fingerprint density at radius 2 is 1.74 bits per heavy atom. The van der Waals surface area contributed by atoms with Gasteiger partial charge in [0.2, 0.25) is 10.0 Å². The van der Waals surface area contributed by atoms with Crippen LogP contribution in [0.4, 0.5) is 0 Å². The molecule has 1 atom stereocenters. The Kier molecular flexibility index (Phi) is 5.49. The van der Waals surface area contributed by atoms with E-state index in [1.807, 2.05) is 0 Å². The maximum atomic E-state index is 13.0. The fourth-order valence-corrected chi connectivity index (χ4v) is 5.84. The molecule has 5 rings (SSSR count). The number of hydrogen-bond donors (Lipinski definition) is 2. The van der Waals surface area contributed by atoms with Crippen LogP contribution in [0, 0.1) is 0 Å². The van der Waals surface area contributed by atoms with Gasteiger partial charge in [0.1, 0.15) is 17.4 Å². The van der Waals surface area contributed by atoms with Crippen LogP contribution in [0.1, 0.15) is 51.3 Å². The van der Waals surface area contributed by atoms with Crippen LogP contribution in [-0.2, 0) is 27.7 Å². The van der Waals surface area contributed by atoms with Gasteiger partial charge < -0.3 is 9.52 Å². The molecule has 176 valence electrons. The SMILES string of the molecule is O=C(O)[C@H](CCN1C(=O)c2ccccc2C1=O)NS(=O)(=O)c1ccc2c3c(oc2c1)CCCC3. The smallest absolute Gasteiger partial charge is 0.321 e. The van der Waals surface area contributed by atoms with E-state index in [0.29, 0.717) is 5.58 Å². The van der Waals surface area contributed by atoms with E-state index in [1.165, 1.54) is 24.3 Å². The van der Waals surface area contributed by atoms with Crippen molar-refractivity contribution in [3.8, 4) is 0 Å². The van der Waals surface area contributed by atoms with Crippen LogP contribution < -0.4 is 4.72 Å². The van der Waals surface area contributed by atoms with Crippen molar-refractivity contribution < 1.29 is 32.3 Å². The molecule has 1 aromatic heterocycles. The van der Waals surface area contributed by atoms with Crippen LogP contribution in [0.2, 0.25) is 0 Å². The van der Waals surface area contributed by atoms with E-state index < -0.39 is 33.8 Å². The predicted molar refractivity (Wildman–Crippen MR) is 121 cm³/mol. The van der Waals surface area contributed by atoms with Crippen LogP contribution in [0.15, 0.2) is 51.8 Å². The van der Waals surface area contributed by atoms with Crippen molar-refractivity contribution in [2.75, 3.05) is 6.54 Å². The number of aryl methyl sites for hydroxylation is 2. The number of nitrogens with zero attached hydrogens (tertiary/aromatic N) is 1. The van der Waals surface area contributed by atoms with E-state index in [4.69, 9.17) is 4.42 Å². The molecule has 10 heteroatoms. The Bertz CT molecular complexity index is 1410. The molecule has 9 nitrogen and oxygen atoms in total. The number of benzene rings is 2. The lowest BCUT2D eigenvalue weighted by Gasteiger charge is -2.18. The number of fused-ring (bicyclic) bond motifs is 4. The van der Waals surface area contributed by atoms with E-state index in [0.717, 1.165) is 47.3 Å². The second-order valence-corrected chi connectivity index (χ2v) is 10.2. The number of hydrogen-bond acceptors (Lipinski definition) is 6. The summed E-state index contributed by atoms with van der Waals surface area (Å²) in [6.07, 6.45) is 3.48. The third-order valence-corrected chi connectivity index (χ3v) is 7.82. The van der Waals surface area contributed by atoms with Crippen molar-refractivity contribution >= 4 is 38.8 Å². The average molecular weight is 483 g/mol. The van der Waals surface area contributed by atoms with Gasteiger partial charge in [-0.1, -0.05) is 12.1 Å². The number of nitrogens with one attached hydrogen (secondary N) is 1. The normalized spacial score (nSPS) is 16.5. The van der Waals surface area contributed by atoms with E-state index in [1.54, 1.807) is 18.2 Å². The zero-order valence-electron chi connectivity index (χ0n) is 18.1. The molecule has 0 bridgehead atoms. The summed E-state index contributed by atoms with van der Waals surface area (Å²) < 4.78 is 34.0.